The second kappa shape index (κ2) is 8.54. The van der Waals surface area contributed by atoms with Crippen LogP contribution in [-0.4, -0.2) is 29.8 Å². The van der Waals surface area contributed by atoms with Gasteiger partial charge in [0.25, 0.3) is 0 Å². The minimum atomic E-state index is -0.522. The molecule has 0 saturated carbocycles. The summed E-state index contributed by atoms with van der Waals surface area (Å²) >= 11 is 0. The Morgan fingerprint density at radius 2 is 2.00 bits per heavy atom. The molecular formula is C16H19N3O2. The van der Waals surface area contributed by atoms with Gasteiger partial charge in [-0.15, -0.1) is 0 Å². The summed E-state index contributed by atoms with van der Waals surface area (Å²) in [7, 11) is 0. The number of nitrogens with zero attached hydrogens (tertiary/aromatic N) is 2. The lowest BCUT2D eigenvalue weighted by Gasteiger charge is -2.18. The van der Waals surface area contributed by atoms with Crippen molar-refractivity contribution in [2.75, 3.05) is 13.1 Å². The molecule has 0 aliphatic carbocycles. The maximum absolute atomic E-state index is 12.1. The fourth-order valence-electron chi connectivity index (χ4n) is 1.75. The van der Waals surface area contributed by atoms with Crippen LogP contribution in [0, 0.1) is 11.3 Å². The van der Waals surface area contributed by atoms with E-state index in [0.29, 0.717) is 12.1 Å². The van der Waals surface area contributed by atoms with Crippen LogP contribution in [0.3, 0.4) is 0 Å². The van der Waals surface area contributed by atoms with Crippen molar-refractivity contribution in [3.63, 3.8) is 0 Å². The molecule has 0 aromatic heterocycles. The van der Waals surface area contributed by atoms with E-state index in [-0.39, 0.29) is 12.5 Å². The summed E-state index contributed by atoms with van der Waals surface area (Å²) in [4.78, 5) is 24.5. The van der Waals surface area contributed by atoms with Crippen LogP contribution in [-0.2, 0) is 9.59 Å². The molecule has 0 atom stereocenters. The monoisotopic (exact) mass is 285 g/mol. The van der Waals surface area contributed by atoms with E-state index in [4.69, 9.17) is 11.0 Å². The van der Waals surface area contributed by atoms with Gasteiger partial charge in [0, 0.05) is 12.6 Å². The maximum Gasteiger partial charge on any atom is 0.247 e. The molecule has 0 heterocycles. The molecule has 2 N–H and O–H groups in total. The number of hydrogen-bond donors (Lipinski definition) is 1. The summed E-state index contributed by atoms with van der Waals surface area (Å²) in [5, 5.41) is 8.71. The molecule has 0 aliphatic heterocycles. The van der Waals surface area contributed by atoms with Crippen molar-refractivity contribution >= 4 is 17.9 Å². The van der Waals surface area contributed by atoms with E-state index in [1.807, 2.05) is 13.0 Å². The third-order valence-electron chi connectivity index (χ3n) is 2.90. The van der Waals surface area contributed by atoms with Gasteiger partial charge in [-0.05, 0) is 30.2 Å². The molecule has 2 amide bonds. The molecule has 1 aromatic rings. The number of unbranched alkanes of at least 4 members (excludes halogenated alkanes) is 1. The molecule has 5 nitrogen and oxygen atoms in total. The normalized spacial score (nSPS) is 10.3. The Morgan fingerprint density at radius 3 is 2.52 bits per heavy atom. The Bertz CT molecular complexity index is 556. The largest absolute Gasteiger partial charge is 0.368 e. The number of carbonyl (C=O) groups excluding carboxylic acids is 2. The molecule has 0 fully saturated rings. The number of nitrogens with two attached hydrogens (primary N) is 1. The van der Waals surface area contributed by atoms with E-state index in [9.17, 15) is 9.59 Å². The molecule has 21 heavy (non-hydrogen) atoms. The van der Waals surface area contributed by atoms with E-state index >= 15 is 0 Å². The molecule has 1 rings (SSSR count). The van der Waals surface area contributed by atoms with Gasteiger partial charge < -0.3 is 10.6 Å². The third-order valence-corrected chi connectivity index (χ3v) is 2.90. The molecular weight excluding hydrogens is 266 g/mol. The molecule has 0 saturated heterocycles. The predicted octanol–water partition coefficient (Wildman–Crippen LogP) is 1.69. The highest BCUT2D eigenvalue weighted by Crippen LogP contribution is 2.06. The number of rotatable bonds is 7. The van der Waals surface area contributed by atoms with Crippen molar-refractivity contribution in [3.05, 3.63) is 41.5 Å². The van der Waals surface area contributed by atoms with E-state index in [1.165, 1.54) is 11.0 Å². The SMILES string of the molecule is CCCCN(CC(N)=O)C(=O)/C=C\c1ccc(C#N)cc1. The first-order valence-corrected chi connectivity index (χ1v) is 6.82. The van der Waals surface area contributed by atoms with E-state index in [2.05, 4.69) is 0 Å². The minimum Gasteiger partial charge on any atom is -0.368 e. The van der Waals surface area contributed by atoms with Crippen LogP contribution in [0.25, 0.3) is 6.08 Å². The van der Waals surface area contributed by atoms with Crippen molar-refractivity contribution in [1.82, 2.24) is 4.90 Å². The first-order valence-electron chi connectivity index (χ1n) is 6.82. The summed E-state index contributed by atoms with van der Waals surface area (Å²) in [6.07, 6.45) is 4.83. The topological polar surface area (TPSA) is 87.2 Å². The average Bonchev–Trinajstić information content (AvgIpc) is 2.49. The van der Waals surface area contributed by atoms with Crippen molar-refractivity contribution in [2.45, 2.75) is 19.8 Å². The van der Waals surface area contributed by atoms with Gasteiger partial charge in [0.15, 0.2) is 0 Å². The molecule has 0 spiro atoms. The van der Waals surface area contributed by atoms with Crippen LogP contribution in [0.1, 0.15) is 30.9 Å². The van der Waals surface area contributed by atoms with Crippen LogP contribution in [0.15, 0.2) is 30.3 Å². The van der Waals surface area contributed by atoms with E-state index in [1.54, 1.807) is 30.3 Å². The van der Waals surface area contributed by atoms with Crippen LogP contribution in [0.2, 0.25) is 0 Å². The first-order chi connectivity index (χ1) is 10.1. The Hall–Kier alpha value is -2.61. The maximum atomic E-state index is 12.1. The molecule has 0 bridgehead atoms. The second-order valence-corrected chi connectivity index (χ2v) is 4.65. The predicted molar refractivity (Wildman–Crippen MR) is 80.9 cm³/mol. The van der Waals surface area contributed by atoms with Gasteiger partial charge in [-0.2, -0.15) is 5.26 Å². The van der Waals surface area contributed by atoms with E-state index < -0.39 is 5.91 Å². The lowest BCUT2D eigenvalue weighted by molar-refractivity contribution is -0.131. The summed E-state index contributed by atoms with van der Waals surface area (Å²) in [6, 6.07) is 8.91. The summed E-state index contributed by atoms with van der Waals surface area (Å²) in [5.74, 6) is -0.766. The van der Waals surface area contributed by atoms with E-state index in [0.717, 1.165) is 18.4 Å². The lowest BCUT2D eigenvalue weighted by atomic mass is 10.1. The molecule has 0 radical (unpaired) electrons. The molecule has 0 aliphatic rings. The van der Waals surface area contributed by atoms with Crippen molar-refractivity contribution in [3.8, 4) is 6.07 Å². The quantitative estimate of drug-likeness (QED) is 0.773. The van der Waals surface area contributed by atoms with Gasteiger partial charge >= 0.3 is 0 Å². The average molecular weight is 285 g/mol. The number of benzene rings is 1. The second-order valence-electron chi connectivity index (χ2n) is 4.65. The first kappa shape index (κ1) is 16.4. The van der Waals surface area contributed by atoms with Gasteiger partial charge in [0.05, 0.1) is 18.2 Å². The minimum absolute atomic E-state index is 0.0729. The number of nitriles is 1. The van der Waals surface area contributed by atoms with Crippen molar-refractivity contribution in [1.29, 1.82) is 5.26 Å². The Morgan fingerprint density at radius 1 is 1.33 bits per heavy atom. The summed E-state index contributed by atoms with van der Waals surface area (Å²) in [6.45, 7) is 2.45. The highest BCUT2D eigenvalue weighted by molar-refractivity contribution is 5.94. The fraction of sp³-hybridized carbons (Fsp3) is 0.312. The zero-order valence-corrected chi connectivity index (χ0v) is 12.1. The highest BCUT2D eigenvalue weighted by Gasteiger charge is 2.12. The molecule has 1 aromatic carbocycles. The highest BCUT2D eigenvalue weighted by atomic mass is 16.2. The van der Waals surface area contributed by atoms with Crippen LogP contribution < -0.4 is 5.73 Å². The fourth-order valence-corrected chi connectivity index (χ4v) is 1.75. The number of hydrogen-bond acceptors (Lipinski definition) is 3. The van der Waals surface area contributed by atoms with Crippen LogP contribution in [0.4, 0.5) is 0 Å². The summed E-state index contributed by atoms with van der Waals surface area (Å²) < 4.78 is 0. The third kappa shape index (κ3) is 5.91. The van der Waals surface area contributed by atoms with Crippen LogP contribution in [0.5, 0.6) is 0 Å². The Labute approximate surface area is 124 Å². The number of carbonyl (C=O) groups is 2. The Kier molecular flexibility index (Phi) is 6.69. The van der Waals surface area contributed by atoms with Crippen molar-refractivity contribution in [2.24, 2.45) is 5.73 Å². The van der Waals surface area contributed by atoms with Gasteiger partial charge in [-0.1, -0.05) is 25.5 Å². The van der Waals surface area contributed by atoms with Gasteiger partial charge in [0.1, 0.15) is 0 Å². The zero-order valence-electron chi connectivity index (χ0n) is 12.1. The summed E-state index contributed by atoms with van der Waals surface area (Å²) in [5.41, 5.74) is 6.54. The van der Waals surface area contributed by atoms with Crippen molar-refractivity contribution < 1.29 is 9.59 Å². The molecule has 110 valence electrons. The number of amides is 2. The van der Waals surface area contributed by atoms with Crippen LogP contribution >= 0.6 is 0 Å². The smallest absolute Gasteiger partial charge is 0.247 e. The molecule has 0 unspecified atom stereocenters. The van der Waals surface area contributed by atoms with Gasteiger partial charge in [0.2, 0.25) is 11.8 Å². The standard InChI is InChI=1S/C16H19N3O2/c1-2-3-10-19(12-15(18)20)16(21)9-8-13-4-6-14(11-17)7-5-13/h4-9H,2-3,10,12H2,1H3,(H2,18,20)/b9-8-. The zero-order chi connectivity index (χ0) is 15.7. The molecule has 5 heteroatoms. The lowest BCUT2D eigenvalue weighted by Crippen LogP contribution is -2.38. The van der Waals surface area contributed by atoms with Gasteiger partial charge in [-0.25, -0.2) is 0 Å². The number of primary amides is 1. The van der Waals surface area contributed by atoms with Gasteiger partial charge in [-0.3, -0.25) is 9.59 Å². The Balaban J connectivity index is 2.71.